The number of benzene rings is 3. The van der Waals surface area contributed by atoms with Crippen molar-refractivity contribution in [3.8, 4) is 0 Å². The maximum atomic E-state index is 13.4. The lowest BCUT2D eigenvalue weighted by atomic mass is 10.0. The Hall–Kier alpha value is -3.31. The van der Waals surface area contributed by atoms with E-state index in [9.17, 15) is 4.79 Å². The molecular formula is C26H27N3O2. The van der Waals surface area contributed by atoms with Crippen LogP contribution in [-0.4, -0.2) is 43.7 Å². The van der Waals surface area contributed by atoms with E-state index in [1.165, 1.54) is 11.3 Å². The molecule has 1 saturated heterocycles. The van der Waals surface area contributed by atoms with Crippen molar-refractivity contribution in [3.05, 3.63) is 95.6 Å². The van der Waals surface area contributed by atoms with Crippen molar-refractivity contribution in [2.75, 3.05) is 43.1 Å². The van der Waals surface area contributed by atoms with Crippen molar-refractivity contribution in [3.63, 3.8) is 0 Å². The molecule has 0 unspecified atom stereocenters. The number of carbonyl (C=O) groups is 1. The molecule has 1 atom stereocenters. The van der Waals surface area contributed by atoms with Crippen molar-refractivity contribution in [2.24, 2.45) is 0 Å². The van der Waals surface area contributed by atoms with Crippen LogP contribution in [0.4, 0.5) is 11.4 Å². The number of anilines is 2. The van der Waals surface area contributed by atoms with E-state index in [-0.39, 0.29) is 12.1 Å². The van der Waals surface area contributed by atoms with E-state index >= 15 is 0 Å². The summed E-state index contributed by atoms with van der Waals surface area (Å²) in [5, 5.41) is 3.60. The van der Waals surface area contributed by atoms with Gasteiger partial charge in [-0.2, -0.15) is 0 Å². The van der Waals surface area contributed by atoms with Crippen LogP contribution in [0.15, 0.2) is 78.9 Å². The minimum atomic E-state index is -0.190. The average molecular weight is 414 g/mol. The number of carbonyl (C=O) groups excluding carboxylic acids is 1. The second-order valence-corrected chi connectivity index (χ2v) is 8.02. The maximum Gasteiger partial charge on any atom is 0.257 e. The Morgan fingerprint density at radius 3 is 2.35 bits per heavy atom. The molecule has 0 saturated carbocycles. The van der Waals surface area contributed by atoms with Crippen LogP contribution in [0.3, 0.4) is 0 Å². The zero-order valence-corrected chi connectivity index (χ0v) is 17.5. The zero-order valence-electron chi connectivity index (χ0n) is 17.5. The normalized spacial score (nSPS) is 18.5. The summed E-state index contributed by atoms with van der Waals surface area (Å²) >= 11 is 0. The third-order valence-corrected chi connectivity index (χ3v) is 6.09. The number of nitrogens with one attached hydrogen (secondary N) is 1. The van der Waals surface area contributed by atoms with Crippen molar-refractivity contribution in [1.82, 2.24) is 4.90 Å². The van der Waals surface area contributed by atoms with Gasteiger partial charge in [0.25, 0.3) is 5.91 Å². The van der Waals surface area contributed by atoms with Gasteiger partial charge in [-0.05, 0) is 41.8 Å². The quantitative estimate of drug-likeness (QED) is 0.676. The molecule has 31 heavy (non-hydrogen) atoms. The molecule has 5 rings (SSSR count). The summed E-state index contributed by atoms with van der Waals surface area (Å²) in [5.74, 6) is 0.0764. The van der Waals surface area contributed by atoms with Crippen LogP contribution in [0.25, 0.3) is 0 Å². The number of rotatable bonds is 5. The lowest BCUT2D eigenvalue weighted by Crippen LogP contribution is -2.44. The first-order valence-corrected chi connectivity index (χ1v) is 10.9. The van der Waals surface area contributed by atoms with Gasteiger partial charge in [0.05, 0.1) is 18.8 Å². The number of hydrogen-bond acceptors (Lipinski definition) is 4. The Bertz CT molecular complexity index is 1030. The Kier molecular flexibility index (Phi) is 5.59. The van der Waals surface area contributed by atoms with E-state index in [0.29, 0.717) is 6.54 Å². The predicted molar refractivity (Wildman–Crippen MR) is 123 cm³/mol. The van der Waals surface area contributed by atoms with Gasteiger partial charge in [0.1, 0.15) is 6.17 Å². The number of hydrogen-bond donors (Lipinski definition) is 1. The van der Waals surface area contributed by atoms with Gasteiger partial charge in [0, 0.05) is 31.0 Å². The number of ether oxygens (including phenoxy) is 1. The molecule has 0 spiro atoms. The summed E-state index contributed by atoms with van der Waals surface area (Å²) < 4.78 is 5.47. The molecule has 2 aliphatic heterocycles. The van der Waals surface area contributed by atoms with Crippen molar-refractivity contribution in [1.29, 1.82) is 0 Å². The summed E-state index contributed by atoms with van der Waals surface area (Å²) in [4.78, 5) is 17.7. The molecule has 158 valence electrons. The first-order chi connectivity index (χ1) is 15.3. The molecule has 2 heterocycles. The third kappa shape index (κ3) is 4.14. The summed E-state index contributed by atoms with van der Waals surface area (Å²) in [6.45, 7) is 4.02. The highest BCUT2D eigenvalue weighted by Crippen LogP contribution is 2.34. The molecule has 3 aromatic carbocycles. The molecule has 2 aliphatic rings. The number of morpholine rings is 1. The van der Waals surface area contributed by atoms with Crippen LogP contribution in [0, 0.1) is 0 Å². The molecule has 1 amide bonds. The van der Waals surface area contributed by atoms with Crippen LogP contribution in [0.2, 0.25) is 0 Å². The molecule has 5 heteroatoms. The molecule has 1 fully saturated rings. The first kappa shape index (κ1) is 19.6. The fourth-order valence-electron chi connectivity index (χ4n) is 4.37. The Labute approximate surface area is 183 Å². The SMILES string of the molecule is O=C1c2ccccc2N[C@H](c2ccc(N3CCOCC3)cc2)N1CCc1ccccc1. The lowest BCUT2D eigenvalue weighted by molar-refractivity contribution is 0.0685. The molecule has 0 radical (unpaired) electrons. The topological polar surface area (TPSA) is 44.8 Å². The number of amides is 1. The van der Waals surface area contributed by atoms with E-state index in [1.54, 1.807) is 0 Å². The molecule has 3 aromatic rings. The monoisotopic (exact) mass is 413 g/mol. The van der Waals surface area contributed by atoms with Crippen LogP contribution in [-0.2, 0) is 11.2 Å². The maximum absolute atomic E-state index is 13.4. The van der Waals surface area contributed by atoms with Crippen molar-refractivity contribution in [2.45, 2.75) is 12.6 Å². The van der Waals surface area contributed by atoms with Crippen molar-refractivity contribution < 1.29 is 9.53 Å². The second-order valence-electron chi connectivity index (χ2n) is 8.02. The lowest BCUT2D eigenvalue weighted by Gasteiger charge is -2.38. The number of para-hydroxylation sites is 1. The molecular weight excluding hydrogens is 386 g/mol. The highest BCUT2D eigenvalue weighted by Gasteiger charge is 2.32. The molecule has 5 nitrogen and oxygen atoms in total. The van der Waals surface area contributed by atoms with Crippen LogP contribution < -0.4 is 10.2 Å². The van der Waals surface area contributed by atoms with Gasteiger partial charge in [0.2, 0.25) is 0 Å². The molecule has 1 N–H and O–H groups in total. The predicted octanol–water partition coefficient (Wildman–Crippen LogP) is 4.33. The summed E-state index contributed by atoms with van der Waals surface area (Å²) in [7, 11) is 0. The summed E-state index contributed by atoms with van der Waals surface area (Å²) in [6, 6.07) is 26.7. The van der Waals surface area contributed by atoms with E-state index in [1.807, 2.05) is 47.4 Å². The Morgan fingerprint density at radius 2 is 1.58 bits per heavy atom. The largest absolute Gasteiger partial charge is 0.378 e. The Balaban J connectivity index is 1.41. The fraction of sp³-hybridized carbons (Fsp3) is 0.269. The third-order valence-electron chi connectivity index (χ3n) is 6.09. The van der Waals surface area contributed by atoms with Gasteiger partial charge in [-0.15, -0.1) is 0 Å². The Morgan fingerprint density at radius 1 is 0.871 bits per heavy atom. The van der Waals surface area contributed by atoms with E-state index in [2.05, 4.69) is 46.6 Å². The minimum absolute atomic E-state index is 0.0764. The van der Waals surface area contributed by atoms with Gasteiger partial charge in [-0.3, -0.25) is 4.79 Å². The molecule has 0 aliphatic carbocycles. The van der Waals surface area contributed by atoms with E-state index in [4.69, 9.17) is 4.74 Å². The first-order valence-electron chi connectivity index (χ1n) is 10.9. The van der Waals surface area contributed by atoms with Gasteiger partial charge in [-0.25, -0.2) is 0 Å². The highest BCUT2D eigenvalue weighted by atomic mass is 16.5. The van der Waals surface area contributed by atoms with Crippen molar-refractivity contribution >= 4 is 17.3 Å². The second kappa shape index (κ2) is 8.82. The molecule has 0 aromatic heterocycles. The van der Waals surface area contributed by atoms with Gasteiger partial charge in [0.15, 0.2) is 0 Å². The smallest absolute Gasteiger partial charge is 0.257 e. The average Bonchev–Trinajstić information content (AvgIpc) is 2.85. The van der Waals surface area contributed by atoms with Crippen LogP contribution in [0.5, 0.6) is 0 Å². The van der Waals surface area contributed by atoms with Gasteiger partial charge >= 0.3 is 0 Å². The van der Waals surface area contributed by atoms with E-state index in [0.717, 1.165) is 49.5 Å². The van der Waals surface area contributed by atoms with Gasteiger partial charge < -0.3 is 19.9 Å². The summed E-state index contributed by atoms with van der Waals surface area (Å²) in [6.07, 6.45) is 0.628. The van der Waals surface area contributed by atoms with Gasteiger partial charge in [-0.1, -0.05) is 54.6 Å². The number of fused-ring (bicyclic) bond motifs is 1. The van der Waals surface area contributed by atoms with Crippen LogP contribution >= 0.6 is 0 Å². The number of nitrogens with zero attached hydrogens (tertiary/aromatic N) is 2. The van der Waals surface area contributed by atoms with E-state index < -0.39 is 0 Å². The molecule has 0 bridgehead atoms. The standard InChI is InChI=1S/C26H27N3O2/c30-26-23-8-4-5-9-24(23)27-25(29(26)15-14-20-6-2-1-3-7-20)21-10-12-22(13-11-21)28-16-18-31-19-17-28/h1-13,25,27H,14-19H2/t25-/m0/s1. The highest BCUT2D eigenvalue weighted by molar-refractivity contribution is 6.01. The summed E-state index contributed by atoms with van der Waals surface area (Å²) in [5.41, 5.74) is 5.15. The minimum Gasteiger partial charge on any atom is -0.378 e. The van der Waals surface area contributed by atoms with Crippen LogP contribution in [0.1, 0.15) is 27.7 Å². The fourth-order valence-corrected chi connectivity index (χ4v) is 4.37. The zero-order chi connectivity index (χ0) is 21.0.